The molecule has 4 N–H and O–H groups in total. The number of carbonyl (C=O) groups excluding carboxylic acids is 3. The van der Waals surface area contributed by atoms with Gasteiger partial charge in [0.25, 0.3) is 11.8 Å². The van der Waals surface area contributed by atoms with Crippen molar-refractivity contribution >= 4 is 17.7 Å². The predicted molar refractivity (Wildman–Crippen MR) is 135 cm³/mol. The van der Waals surface area contributed by atoms with Crippen molar-refractivity contribution < 1.29 is 33.4 Å². The average molecular weight is 520 g/mol. The Morgan fingerprint density at radius 3 is 2.08 bits per heavy atom. The zero-order valence-electron chi connectivity index (χ0n) is 21.5. The van der Waals surface area contributed by atoms with Crippen molar-refractivity contribution in [1.29, 1.82) is 0 Å². The van der Waals surface area contributed by atoms with Gasteiger partial charge in [-0.1, -0.05) is 6.07 Å². The first-order chi connectivity index (χ1) is 17.4. The van der Waals surface area contributed by atoms with Crippen LogP contribution in [0.25, 0.3) is 0 Å². The molecule has 0 fully saturated rings. The average Bonchev–Trinajstić information content (AvgIpc) is 2.83. The number of hydrogen-bond donors (Lipinski definition) is 4. The Morgan fingerprint density at radius 1 is 0.919 bits per heavy atom. The molecule has 0 aromatic heterocycles. The van der Waals surface area contributed by atoms with Crippen LogP contribution >= 0.6 is 0 Å². The van der Waals surface area contributed by atoms with Gasteiger partial charge in [-0.05, 0) is 70.0 Å². The summed E-state index contributed by atoms with van der Waals surface area (Å²) in [5.74, 6) is -3.23. The van der Waals surface area contributed by atoms with Crippen LogP contribution in [0.4, 0.5) is 8.78 Å². The van der Waals surface area contributed by atoms with Crippen LogP contribution in [0, 0.1) is 11.6 Å². The molecular weight excluding hydrogens is 484 g/mol. The van der Waals surface area contributed by atoms with Crippen molar-refractivity contribution in [3.63, 3.8) is 0 Å². The summed E-state index contributed by atoms with van der Waals surface area (Å²) in [6.07, 6.45) is -3.63. The number of rotatable bonds is 12. The summed E-state index contributed by atoms with van der Waals surface area (Å²) in [6.45, 7) is 8.10. The number of nitrogens with zero attached hydrogens (tertiary/aromatic N) is 1. The van der Waals surface area contributed by atoms with Crippen molar-refractivity contribution in [2.45, 2.75) is 64.8 Å². The summed E-state index contributed by atoms with van der Waals surface area (Å²) in [4.78, 5) is 39.5. The van der Waals surface area contributed by atoms with Gasteiger partial charge in [-0.25, -0.2) is 8.78 Å². The fourth-order valence-corrected chi connectivity index (χ4v) is 3.89. The van der Waals surface area contributed by atoms with Gasteiger partial charge in [0.2, 0.25) is 5.91 Å². The summed E-state index contributed by atoms with van der Waals surface area (Å²) in [7, 11) is 0. The van der Waals surface area contributed by atoms with Gasteiger partial charge < -0.3 is 25.7 Å². The number of aliphatic hydroxyl groups excluding tert-OH is 2. The third-order valence-electron chi connectivity index (χ3n) is 5.78. The number of amides is 3. The van der Waals surface area contributed by atoms with Gasteiger partial charge in [0.05, 0.1) is 12.1 Å². The Bertz CT molecular complexity index is 1070. The van der Waals surface area contributed by atoms with E-state index < -0.39 is 48.1 Å². The van der Waals surface area contributed by atoms with E-state index in [4.69, 9.17) is 0 Å². The van der Waals surface area contributed by atoms with E-state index in [9.17, 15) is 33.4 Å². The SMILES string of the molecule is CCN(CC)C(=O)c1cccc(C(=O)NC(Cc2cc(F)cc(F)c2)[C@@H](O)C[C@@H](O)C(=O)NC(C)C)c1. The fraction of sp³-hybridized carbons (Fsp3) is 0.444. The van der Waals surface area contributed by atoms with Gasteiger partial charge in [-0.15, -0.1) is 0 Å². The molecule has 2 aromatic carbocycles. The number of halogens is 2. The molecule has 3 atom stereocenters. The molecule has 1 unspecified atom stereocenters. The summed E-state index contributed by atoms with van der Waals surface area (Å²) in [5.41, 5.74) is 0.605. The van der Waals surface area contributed by atoms with E-state index >= 15 is 0 Å². The van der Waals surface area contributed by atoms with Crippen molar-refractivity contribution in [1.82, 2.24) is 15.5 Å². The minimum Gasteiger partial charge on any atom is -0.391 e. The molecule has 0 bridgehead atoms. The van der Waals surface area contributed by atoms with Gasteiger partial charge in [-0.3, -0.25) is 14.4 Å². The Kier molecular flexibility index (Phi) is 11.1. The molecule has 8 nitrogen and oxygen atoms in total. The normalized spacial score (nSPS) is 13.5. The number of nitrogens with one attached hydrogen (secondary N) is 2. The maximum Gasteiger partial charge on any atom is 0.253 e. The lowest BCUT2D eigenvalue weighted by atomic mass is 9.96. The maximum atomic E-state index is 13.8. The van der Waals surface area contributed by atoms with E-state index in [1.54, 1.807) is 30.9 Å². The largest absolute Gasteiger partial charge is 0.391 e. The molecule has 0 aliphatic rings. The Hall–Kier alpha value is -3.37. The lowest BCUT2D eigenvalue weighted by Crippen LogP contribution is -2.48. The van der Waals surface area contributed by atoms with Gasteiger partial charge in [0.15, 0.2) is 0 Å². The number of carbonyl (C=O) groups is 3. The molecule has 0 saturated carbocycles. The molecular formula is C27H35F2N3O5. The highest BCUT2D eigenvalue weighted by molar-refractivity contribution is 5.99. The topological polar surface area (TPSA) is 119 Å². The lowest BCUT2D eigenvalue weighted by Gasteiger charge is -2.26. The molecule has 0 spiro atoms. The molecule has 0 aliphatic heterocycles. The number of hydrogen-bond acceptors (Lipinski definition) is 5. The summed E-state index contributed by atoms with van der Waals surface area (Å²) >= 11 is 0. The summed E-state index contributed by atoms with van der Waals surface area (Å²) in [5, 5.41) is 26.2. The predicted octanol–water partition coefficient (Wildman–Crippen LogP) is 2.42. The molecule has 202 valence electrons. The Morgan fingerprint density at radius 2 is 1.51 bits per heavy atom. The highest BCUT2D eigenvalue weighted by Gasteiger charge is 2.28. The number of benzene rings is 2. The van der Waals surface area contributed by atoms with E-state index in [1.807, 2.05) is 13.8 Å². The van der Waals surface area contributed by atoms with Crippen LogP contribution in [0.5, 0.6) is 0 Å². The second-order valence-electron chi connectivity index (χ2n) is 9.10. The van der Waals surface area contributed by atoms with Gasteiger partial charge in [0.1, 0.15) is 17.7 Å². The van der Waals surface area contributed by atoms with Crippen LogP contribution in [0.2, 0.25) is 0 Å². The summed E-state index contributed by atoms with van der Waals surface area (Å²) < 4.78 is 27.5. The zero-order valence-corrected chi connectivity index (χ0v) is 21.5. The third kappa shape index (κ3) is 8.91. The zero-order chi connectivity index (χ0) is 27.7. The molecule has 37 heavy (non-hydrogen) atoms. The minimum atomic E-state index is -1.57. The quantitative estimate of drug-likeness (QED) is 0.344. The monoisotopic (exact) mass is 519 g/mol. The molecule has 10 heteroatoms. The van der Waals surface area contributed by atoms with Gasteiger partial charge in [-0.2, -0.15) is 0 Å². The molecule has 0 radical (unpaired) electrons. The highest BCUT2D eigenvalue weighted by atomic mass is 19.1. The summed E-state index contributed by atoms with van der Waals surface area (Å²) in [6, 6.07) is 7.54. The fourth-order valence-electron chi connectivity index (χ4n) is 3.89. The third-order valence-corrected chi connectivity index (χ3v) is 5.78. The second kappa shape index (κ2) is 13.8. The smallest absolute Gasteiger partial charge is 0.253 e. The van der Waals surface area contributed by atoms with Crippen LogP contribution < -0.4 is 10.6 Å². The minimum absolute atomic E-state index is 0.138. The van der Waals surface area contributed by atoms with Crippen molar-refractivity contribution in [3.8, 4) is 0 Å². The van der Waals surface area contributed by atoms with Gasteiger partial charge in [0, 0.05) is 42.7 Å². The van der Waals surface area contributed by atoms with Crippen molar-refractivity contribution in [3.05, 3.63) is 70.8 Å². The highest BCUT2D eigenvalue weighted by Crippen LogP contribution is 2.16. The molecule has 2 rings (SSSR count). The maximum absolute atomic E-state index is 13.8. The van der Waals surface area contributed by atoms with Gasteiger partial charge >= 0.3 is 0 Å². The van der Waals surface area contributed by atoms with Crippen LogP contribution in [0.1, 0.15) is 60.4 Å². The Labute approximate surface area is 215 Å². The molecule has 0 aliphatic carbocycles. The van der Waals surface area contributed by atoms with Crippen molar-refractivity contribution in [2.24, 2.45) is 0 Å². The first-order valence-corrected chi connectivity index (χ1v) is 12.3. The van der Waals surface area contributed by atoms with Crippen LogP contribution in [0.15, 0.2) is 42.5 Å². The number of aliphatic hydroxyl groups is 2. The standard InChI is InChI=1S/C27H35F2N3O5/c1-5-32(6-2)27(37)19-9-7-8-18(13-19)25(35)31-22(12-17-10-20(28)14-21(29)11-17)23(33)15-24(34)26(36)30-16(3)4/h7-11,13-14,16,22-24,33-34H,5-6,12,15H2,1-4H3,(H,30,36)(H,31,35)/t22?,23-,24+/m0/s1. The molecule has 2 aromatic rings. The van der Waals surface area contributed by atoms with E-state index in [0.29, 0.717) is 24.7 Å². The van der Waals surface area contributed by atoms with E-state index in [0.717, 1.165) is 12.1 Å². The van der Waals surface area contributed by atoms with E-state index in [1.165, 1.54) is 12.1 Å². The Balaban J connectivity index is 2.28. The van der Waals surface area contributed by atoms with Crippen LogP contribution in [0.3, 0.4) is 0 Å². The van der Waals surface area contributed by atoms with E-state index in [2.05, 4.69) is 10.6 Å². The first-order valence-electron chi connectivity index (χ1n) is 12.3. The van der Waals surface area contributed by atoms with Crippen LogP contribution in [-0.4, -0.2) is 70.2 Å². The first kappa shape index (κ1) is 29.9. The lowest BCUT2D eigenvalue weighted by molar-refractivity contribution is -0.131. The molecule has 0 saturated heterocycles. The molecule has 3 amide bonds. The second-order valence-corrected chi connectivity index (χ2v) is 9.10. The van der Waals surface area contributed by atoms with Crippen LogP contribution in [-0.2, 0) is 11.2 Å². The molecule has 0 heterocycles. The van der Waals surface area contributed by atoms with Crippen molar-refractivity contribution in [2.75, 3.05) is 13.1 Å². The van der Waals surface area contributed by atoms with E-state index in [-0.39, 0.29) is 29.5 Å².